The van der Waals surface area contributed by atoms with Crippen LogP contribution in [0.2, 0.25) is 0 Å². The summed E-state index contributed by atoms with van der Waals surface area (Å²) in [6.07, 6.45) is 1.72. The number of aromatic amines is 1. The zero-order valence-electron chi connectivity index (χ0n) is 11.3. The van der Waals surface area contributed by atoms with Crippen molar-refractivity contribution in [1.29, 1.82) is 0 Å². The van der Waals surface area contributed by atoms with E-state index in [-0.39, 0.29) is 5.03 Å². The molecule has 0 aliphatic carbocycles. The number of rotatable bonds is 6. The molecule has 0 saturated heterocycles. The van der Waals surface area contributed by atoms with E-state index in [1.54, 1.807) is 30.3 Å². The number of aromatic nitrogens is 2. The molecular weight excluding hydrogens is 294 g/mol. The van der Waals surface area contributed by atoms with Crippen molar-refractivity contribution in [2.24, 2.45) is 0 Å². The first kappa shape index (κ1) is 15.2. The minimum atomic E-state index is -3.99. The summed E-state index contributed by atoms with van der Waals surface area (Å²) in [7, 11) is -3.99. The fourth-order valence-corrected chi connectivity index (χ4v) is 2.90. The standard InChI is InChI=1S/C13H15N3O4S/c1-2-10-14-8-11(15-10)21(19,20)16-12(13(17)18)9-6-4-3-5-7-9/h3-8,12,16H,2H2,1H3,(H,14,15)(H,17,18). The van der Waals surface area contributed by atoms with Gasteiger partial charge in [-0.2, -0.15) is 4.72 Å². The van der Waals surface area contributed by atoms with Crippen molar-refractivity contribution in [2.75, 3.05) is 0 Å². The molecule has 1 aromatic carbocycles. The van der Waals surface area contributed by atoms with Crippen LogP contribution >= 0.6 is 0 Å². The average molecular weight is 309 g/mol. The summed E-state index contributed by atoms with van der Waals surface area (Å²) in [6.45, 7) is 1.83. The number of aliphatic carboxylic acids is 1. The molecule has 21 heavy (non-hydrogen) atoms. The zero-order valence-corrected chi connectivity index (χ0v) is 12.1. The Balaban J connectivity index is 2.30. The van der Waals surface area contributed by atoms with E-state index in [9.17, 15) is 18.3 Å². The van der Waals surface area contributed by atoms with E-state index in [2.05, 4.69) is 14.7 Å². The first-order valence-electron chi connectivity index (χ1n) is 6.28. The second-order valence-electron chi connectivity index (χ2n) is 4.35. The van der Waals surface area contributed by atoms with Crippen LogP contribution in [0.3, 0.4) is 0 Å². The molecule has 112 valence electrons. The van der Waals surface area contributed by atoms with Crippen molar-refractivity contribution in [3.63, 3.8) is 0 Å². The first-order chi connectivity index (χ1) is 9.94. The molecule has 0 bridgehead atoms. The summed E-state index contributed by atoms with van der Waals surface area (Å²) in [6, 6.07) is 6.75. The third-order valence-electron chi connectivity index (χ3n) is 2.88. The number of H-pyrrole nitrogens is 1. The molecule has 1 atom stereocenters. The number of hydrogen-bond donors (Lipinski definition) is 3. The molecule has 1 heterocycles. The number of carboxylic acids is 1. The largest absolute Gasteiger partial charge is 0.480 e. The average Bonchev–Trinajstić information content (AvgIpc) is 2.95. The Morgan fingerprint density at radius 1 is 1.38 bits per heavy atom. The summed E-state index contributed by atoms with van der Waals surface area (Å²) in [5.74, 6) is -0.762. The summed E-state index contributed by atoms with van der Waals surface area (Å²) < 4.78 is 26.6. The Kier molecular flexibility index (Phi) is 4.39. The molecule has 1 unspecified atom stereocenters. The second kappa shape index (κ2) is 6.06. The number of sulfonamides is 1. The van der Waals surface area contributed by atoms with Crippen LogP contribution in [0.1, 0.15) is 24.4 Å². The molecule has 0 amide bonds. The highest BCUT2D eigenvalue weighted by Crippen LogP contribution is 2.16. The van der Waals surface area contributed by atoms with E-state index in [1.165, 1.54) is 6.20 Å². The van der Waals surface area contributed by atoms with Crippen LogP contribution in [0, 0.1) is 0 Å². The van der Waals surface area contributed by atoms with Crippen LogP contribution in [0.15, 0.2) is 41.6 Å². The van der Waals surface area contributed by atoms with Crippen molar-refractivity contribution in [1.82, 2.24) is 14.7 Å². The van der Waals surface area contributed by atoms with Gasteiger partial charge in [0.05, 0.1) is 6.20 Å². The Bertz CT molecular complexity index is 725. The predicted molar refractivity (Wildman–Crippen MR) is 75.1 cm³/mol. The van der Waals surface area contributed by atoms with Gasteiger partial charge in [-0.05, 0) is 5.56 Å². The maximum Gasteiger partial charge on any atom is 0.326 e. The fourth-order valence-electron chi connectivity index (χ4n) is 1.78. The minimum absolute atomic E-state index is 0.151. The highest BCUT2D eigenvalue weighted by atomic mass is 32.2. The Morgan fingerprint density at radius 3 is 2.57 bits per heavy atom. The van der Waals surface area contributed by atoms with Crippen molar-refractivity contribution >= 4 is 16.0 Å². The third kappa shape index (κ3) is 3.47. The van der Waals surface area contributed by atoms with Crippen molar-refractivity contribution < 1.29 is 18.3 Å². The zero-order chi connectivity index (χ0) is 15.5. The lowest BCUT2D eigenvalue weighted by Crippen LogP contribution is -2.34. The molecule has 3 N–H and O–H groups in total. The number of benzene rings is 1. The normalized spacial score (nSPS) is 13.0. The first-order valence-corrected chi connectivity index (χ1v) is 7.76. The van der Waals surface area contributed by atoms with E-state index >= 15 is 0 Å². The molecule has 0 aliphatic heterocycles. The highest BCUT2D eigenvalue weighted by Gasteiger charge is 2.27. The molecule has 0 radical (unpaired) electrons. The molecular formula is C13H15N3O4S. The van der Waals surface area contributed by atoms with E-state index < -0.39 is 22.0 Å². The lowest BCUT2D eigenvalue weighted by molar-refractivity contribution is -0.139. The molecule has 8 heteroatoms. The van der Waals surface area contributed by atoms with Gasteiger partial charge < -0.3 is 10.1 Å². The van der Waals surface area contributed by atoms with E-state index in [1.807, 2.05) is 6.92 Å². The number of aryl methyl sites for hydroxylation is 1. The molecule has 0 spiro atoms. The third-order valence-corrected chi connectivity index (χ3v) is 4.21. The van der Waals surface area contributed by atoms with Crippen molar-refractivity contribution in [3.05, 3.63) is 47.9 Å². The second-order valence-corrected chi connectivity index (χ2v) is 6.03. The van der Waals surface area contributed by atoms with Crippen molar-refractivity contribution in [2.45, 2.75) is 24.4 Å². The van der Waals surface area contributed by atoms with Gasteiger partial charge in [-0.15, -0.1) is 0 Å². The number of carboxylic acid groups (broad SMARTS) is 1. The number of nitrogens with one attached hydrogen (secondary N) is 2. The minimum Gasteiger partial charge on any atom is -0.480 e. The van der Waals surface area contributed by atoms with E-state index in [0.717, 1.165) is 0 Å². The molecule has 0 saturated carbocycles. The Morgan fingerprint density at radius 2 is 2.05 bits per heavy atom. The Hall–Kier alpha value is -2.19. The van der Waals surface area contributed by atoms with Gasteiger partial charge in [0.1, 0.15) is 11.9 Å². The van der Waals surface area contributed by atoms with E-state index in [4.69, 9.17) is 0 Å². The predicted octanol–water partition coefficient (Wildman–Crippen LogP) is 1.08. The van der Waals surface area contributed by atoms with Gasteiger partial charge in [0, 0.05) is 6.42 Å². The van der Waals surface area contributed by atoms with Gasteiger partial charge in [-0.1, -0.05) is 37.3 Å². The van der Waals surface area contributed by atoms with Gasteiger partial charge in [0.25, 0.3) is 10.0 Å². The van der Waals surface area contributed by atoms with Crippen LogP contribution in [0.4, 0.5) is 0 Å². The van der Waals surface area contributed by atoms with Gasteiger partial charge >= 0.3 is 5.97 Å². The SMILES string of the molecule is CCc1ncc(S(=O)(=O)NC(C(=O)O)c2ccccc2)[nH]1. The summed E-state index contributed by atoms with van der Waals surface area (Å²) in [5, 5.41) is 9.08. The molecule has 1 aromatic heterocycles. The number of nitrogens with zero attached hydrogens (tertiary/aromatic N) is 1. The molecule has 2 rings (SSSR count). The van der Waals surface area contributed by atoms with Crippen LogP contribution in [0.5, 0.6) is 0 Å². The lowest BCUT2D eigenvalue weighted by atomic mass is 10.1. The fraction of sp³-hybridized carbons (Fsp3) is 0.231. The Labute approximate surface area is 122 Å². The van der Waals surface area contributed by atoms with Crippen LogP contribution in [-0.2, 0) is 21.2 Å². The summed E-state index contributed by atoms with van der Waals surface area (Å²) >= 11 is 0. The maximum atomic E-state index is 12.2. The van der Waals surface area contributed by atoms with Crippen LogP contribution in [-0.4, -0.2) is 29.5 Å². The number of carbonyl (C=O) groups is 1. The van der Waals surface area contributed by atoms with Gasteiger partial charge in [0.2, 0.25) is 0 Å². The molecule has 0 aliphatic rings. The van der Waals surface area contributed by atoms with E-state index in [0.29, 0.717) is 17.8 Å². The van der Waals surface area contributed by atoms with Crippen LogP contribution in [0.25, 0.3) is 0 Å². The van der Waals surface area contributed by atoms with Crippen LogP contribution < -0.4 is 4.72 Å². The number of imidazole rings is 1. The number of hydrogen-bond acceptors (Lipinski definition) is 4. The maximum absolute atomic E-state index is 12.2. The topological polar surface area (TPSA) is 112 Å². The highest BCUT2D eigenvalue weighted by molar-refractivity contribution is 7.89. The quantitative estimate of drug-likeness (QED) is 0.739. The van der Waals surface area contributed by atoms with Gasteiger partial charge in [0.15, 0.2) is 5.03 Å². The lowest BCUT2D eigenvalue weighted by Gasteiger charge is -2.14. The van der Waals surface area contributed by atoms with Gasteiger partial charge in [-0.25, -0.2) is 13.4 Å². The summed E-state index contributed by atoms with van der Waals surface area (Å²) in [5.41, 5.74) is 0.351. The molecule has 0 fully saturated rings. The summed E-state index contributed by atoms with van der Waals surface area (Å²) in [4.78, 5) is 17.9. The molecule has 2 aromatic rings. The van der Waals surface area contributed by atoms with Crippen molar-refractivity contribution in [3.8, 4) is 0 Å². The molecule has 7 nitrogen and oxygen atoms in total. The smallest absolute Gasteiger partial charge is 0.326 e. The monoisotopic (exact) mass is 309 g/mol. The van der Waals surface area contributed by atoms with Gasteiger partial charge in [-0.3, -0.25) is 4.79 Å².